The van der Waals surface area contributed by atoms with Crippen molar-refractivity contribution in [2.75, 3.05) is 35.6 Å². The molecule has 2 aromatic carbocycles. The highest BCUT2D eigenvalue weighted by Crippen LogP contribution is 2.47. The number of nitrogens with zero attached hydrogens (tertiary/aromatic N) is 2. The minimum absolute atomic E-state index is 0.0209. The maximum atomic E-state index is 14.8. The average molecular weight is 538 g/mol. The van der Waals surface area contributed by atoms with Crippen molar-refractivity contribution in [2.24, 2.45) is 11.3 Å². The molecule has 4 N–H and O–H groups in total. The van der Waals surface area contributed by atoms with Crippen LogP contribution < -0.4 is 20.7 Å². The van der Waals surface area contributed by atoms with Gasteiger partial charge in [0.05, 0.1) is 0 Å². The van der Waals surface area contributed by atoms with Crippen LogP contribution in [0.1, 0.15) is 12.8 Å². The van der Waals surface area contributed by atoms with E-state index in [2.05, 4.69) is 20.9 Å². The van der Waals surface area contributed by atoms with Gasteiger partial charge in [0.1, 0.15) is 22.8 Å². The Kier molecular flexibility index (Phi) is 7.11. The number of hydrogen-bond acceptors (Lipinski definition) is 6. The highest BCUT2D eigenvalue weighted by molar-refractivity contribution is 6.16. The molecule has 1 saturated heterocycles. The number of aliphatic hydroxyl groups is 1. The van der Waals surface area contributed by atoms with E-state index in [1.165, 1.54) is 59.6 Å². The van der Waals surface area contributed by atoms with Crippen LogP contribution in [-0.4, -0.2) is 52.5 Å². The molecule has 39 heavy (non-hydrogen) atoms. The summed E-state index contributed by atoms with van der Waals surface area (Å²) in [5.41, 5.74) is -0.778. The monoisotopic (exact) mass is 537 g/mol. The van der Waals surface area contributed by atoms with Crippen LogP contribution in [0.5, 0.6) is 11.5 Å². The Labute approximate surface area is 222 Å². The molecular weight excluding hydrogens is 512 g/mol. The zero-order chi connectivity index (χ0) is 27.6. The number of anilines is 3. The summed E-state index contributed by atoms with van der Waals surface area (Å²) >= 11 is 0. The smallest absolute Gasteiger partial charge is 0.323 e. The van der Waals surface area contributed by atoms with Crippen LogP contribution in [0.3, 0.4) is 0 Å². The van der Waals surface area contributed by atoms with E-state index in [1.54, 1.807) is 0 Å². The second-order valence-corrected chi connectivity index (χ2v) is 9.51. The lowest BCUT2D eigenvalue weighted by Crippen LogP contribution is -2.52. The molecule has 0 spiro atoms. The van der Waals surface area contributed by atoms with Gasteiger partial charge >= 0.3 is 6.03 Å². The molecule has 1 aromatic heterocycles. The molecule has 3 aromatic rings. The molecule has 0 radical (unpaired) electrons. The molecule has 5 rings (SSSR count). The Morgan fingerprint density at radius 3 is 2.26 bits per heavy atom. The van der Waals surface area contributed by atoms with E-state index in [1.807, 2.05) is 0 Å². The summed E-state index contributed by atoms with van der Waals surface area (Å²) in [6.07, 6.45) is 2.06. The SMILES string of the molecule is O=C(Nc1cc(Oc2ccc(NC(=O)C3(C(=O)Nc4ccc(F)cc4)CC3)cc2F)ccn1)N1CC(CO)C1. The average Bonchev–Trinajstić information content (AvgIpc) is 3.69. The van der Waals surface area contributed by atoms with E-state index in [0.717, 1.165) is 6.07 Å². The maximum absolute atomic E-state index is 14.8. The number of carbonyl (C=O) groups is 3. The zero-order valence-electron chi connectivity index (χ0n) is 20.6. The van der Waals surface area contributed by atoms with Gasteiger partial charge in [-0.25, -0.2) is 18.6 Å². The quantitative estimate of drug-likeness (QED) is 0.322. The summed E-state index contributed by atoms with van der Waals surface area (Å²) in [5.74, 6) is -1.91. The van der Waals surface area contributed by atoms with Crippen LogP contribution in [0.15, 0.2) is 60.8 Å². The van der Waals surface area contributed by atoms with Crippen molar-refractivity contribution in [3.05, 3.63) is 72.4 Å². The third-order valence-corrected chi connectivity index (χ3v) is 6.61. The van der Waals surface area contributed by atoms with Crippen LogP contribution in [0.4, 0.5) is 30.8 Å². The fourth-order valence-electron chi connectivity index (χ4n) is 4.09. The first kappa shape index (κ1) is 26.0. The first-order valence-electron chi connectivity index (χ1n) is 12.2. The highest BCUT2D eigenvalue weighted by atomic mass is 19.1. The van der Waals surface area contributed by atoms with Crippen molar-refractivity contribution in [3.8, 4) is 11.5 Å². The van der Waals surface area contributed by atoms with Gasteiger partial charge in [-0.2, -0.15) is 0 Å². The van der Waals surface area contributed by atoms with Crippen molar-refractivity contribution in [1.82, 2.24) is 9.88 Å². The Morgan fingerprint density at radius 2 is 1.62 bits per heavy atom. The van der Waals surface area contributed by atoms with E-state index in [-0.39, 0.29) is 41.6 Å². The molecule has 2 heterocycles. The molecule has 0 atom stereocenters. The number of carbonyl (C=O) groups excluding carboxylic acids is 3. The van der Waals surface area contributed by atoms with Gasteiger partial charge in [-0.3, -0.25) is 14.9 Å². The first-order valence-corrected chi connectivity index (χ1v) is 12.2. The molecular formula is C27H25F2N5O5. The number of urea groups is 1. The summed E-state index contributed by atoms with van der Waals surface area (Å²) in [4.78, 5) is 43.4. The number of aliphatic hydroxyl groups excluding tert-OH is 1. The zero-order valence-corrected chi connectivity index (χ0v) is 20.6. The Morgan fingerprint density at radius 1 is 0.949 bits per heavy atom. The molecule has 1 aliphatic heterocycles. The molecule has 0 unspecified atom stereocenters. The molecule has 4 amide bonds. The van der Waals surface area contributed by atoms with Crippen LogP contribution in [-0.2, 0) is 9.59 Å². The minimum Gasteiger partial charge on any atom is -0.454 e. The first-order chi connectivity index (χ1) is 18.8. The number of likely N-dealkylation sites (tertiary alicyclic amines) is 1. The fraction of sp³-hybridized carbons (Fsp3) is 0.259. The number of aromatic nitrogens is 1. The lowest BCUT2D eigenvalue weighted by atomic mass is 10.0. The Balaban J connectivity index is 1.18. The number of nitrogens with one attached hydrogen (secondary N) is 3. The number of halogens is 2. The maximum Gasteiger partial charge on any atom is 0.323 e. The van der Waals surface area contributed by atoms with Gasteiger partial charge in [0.25, 0.3) is 0 Å². The number of benzene rings is 2. The van der Waals surface area contributed by atoms with E-state index >= 15 is 0 Å². The van der Waals surface area contributed by atoms with Crippen LogP contribution in [0.25, 0.3) is 0 Å². The Hall–Kier alpha value is -4.58. The van der Waals surface area contributed by atoms with Gasteiger partial charge in [-0.15, -0.1) is 0 Å². The molecule has 2 aliphatic rings. The Bertz CT molecular complexity index is 1410. The van der Waals surface area contributed by atoms with Crippen LogP contribution in [0, 0.1) is 23.0 Å². The van der Waals surface area contributed by atoms with Gasteiger partial charge in [0.15, 0.2) is 11.6 Å². The lowest BCUT2D eigenvalue weighted by Gasteiger charge is -2.37. The van der Waals surface area contributed by atoms with E-state index in [9.17, 15) is 23.2 Å². The summed E-state index contributed by atoms with van der Waals surface area (Å²) in [7, 11) is 0. The molecule has 12 heteroatoms. The van der Waals surface area contributed by atoms with Crippen molar-refractivity contribution in [2.45, 2.75) is 12.8 Å². The minimum atomic E-state index is -1.28. The summed E-state index contributed by atoms with van der Waals surface area (Å²) in [5, 5.41) is 16.9. The highest BCUT2D eigenvalue weighted by Gasteiger charge is 2.56. The van der Waals surface area contributed by atoms with Gasteiger partial charge in [-0.1, -0.05) is 0 Å². The predicted octanol–water partition coefficient (Wildman–Crippen LogP) is 3.97. The van der Waals surface area contributed by atoms with Gasteiger partial charge in [-0.05, 0) is 55.3 Å². The second kappa shape index (κ2) is 10.7. The standard InChI is InChI=1S/C27H25F2N5O5/c28-17-1-3-18(4-2-17)31-24(36)27(8-9-27)25(37)32-19-5-6-22(21(29)11-19)39-20-7-10-30-23(12-20)33-26(38)34-13-16(14-34)15-35/h1-7,10-12,16,35H,8-9,13-15H2,(H,31,36)(H,32,37)(H,30,33,38). The number of amides is 4. The molecule has 10 nitrogen and oxygen atoms in total. The summed E-state index contributed by atoms with van der Waals surface area (Å²) in [6, 6.07) is 11.6. The molecule has 1 aliphatic carbocycles. The number of pyridine rings is 1. The van der Waals surface area contributed by atoms with Crippen LogP contribution >= 0.6 is 0 Å². The van der Waals surface area contributed by atoms with Crippen molar-refractivity contribution >= 4 is 35.0 Å². The van der Waals surface area contributed by atoms with Crippen molar-refractivity contribution in [3.63, 3.8) is 0 Å². The van der Waals surface area contributed by atoms with Gasteiger partial charge in [0, 0.05) is 55.3 Å². The second-order valence-electron chi connectivity index (χ2n) is 9.51. The predicted molar refractivity (Wildman–Crippen MR) is 137 cm³/mol. The molecule has 2 fully saturated rings. The van der Waals surface area contributed by atoms with E-state index in [0.29, 0.717) is 31.6 Å². The number of hydrogen-bond donors (Lipinski definition) is 4. The molecule has 202 valence electrons. The topological polar surface area (TPSA) is 133 Å². The largest absolute Gasteiger partial charge is 0.454 e. The normalized spacial score (nSPS) is 15.6. The van der Waals surface area contributed by atoms with E-state index in [4.69, 9.17) is 9.84 Å². The summed E-state index contributed by atoms with van der Waals surface area (Å²) < 4.78 is 33.5. The van der Waals surface area contributed by atoms with Gasteiger partial charge < -0.3 is 25.4 Å². The molecule has 1 saturated carbocycles. The van der Waals surface area contributed by atoms with Gasteiger partial charge in [0.2, 0.25) is 11.8 Å². The lowest BCUT2D eigenvalue weighted by molar-refractivity contribution is -0.131. The number of rotatable bonds is 8. The summed E-state index contributed by atoms with van der Waals surface area (Å²) in [6.45, 7) is 0.923. The van der Waals surface area contributed by atoms with Crippen molar-refractivity contribution in [1.29, 1.82) is 0 Å². The fourth-order valence-corrected chi connectivity index (χ4v) is 4.09. The third kappa shape index (κ3) is 5.80. The van der Waals surface area contributed by atoms with Crippen LogP contribution in [0.2, 0.25) is 0 Å². The van der Waals surface area contributed by atoms with E-state index < -0.39 is 28.9 Å². The molecule has 0 bridgehead atoms. The number of ether oxygens (including phenoxy) is 1. The van der Waals surface area contributed by atoms with Crippen molar-refractivity contribution < 1.29 is 33.0 Å². The third-order valence-electron chi connectivity index (χ3n) is 6.61.